The van der Waals surface area contributed by atoms with E-state index in [0.29, 0.717) is 11.8 Å². The van der Waals surface area contributed by atoms with Crippen molar-refractivity contribution in [2.24, 2.45) is 22.7 Å². The molecule has 0 aromatic heterocycles. The molecule has 0 aromatic carbocycles. The molecule has 230 valence electrons. The Labute approximate surface area is 247 Å². The maximum absolute atomic E-state index is 11.4. The summed E-state index contributed by atoms with van der Waals surface area (Å²) in [6.45, 7) is 9.36. The molecule has 8 nitrogen and oxygen atoms in total. The van der Waals surface area contributed by atoms with Gasteiger partial charge >= 0.3 is 0 Å². The second kappa shape index (κ2) is 12.5. The third-order valence-corrected chi connectivity index (χ3v) is 11.5. The first-order valence-electron chi connectivity index (χ1n) is 15.1. The van der Waals surface area contributed by atoms with Crippen LogP contribution in [0.2, 0.25) is 0 Å². The summed E-state index contributed by atoms with van der Waals surface area (Å²) in [4.78, 5) is 2.17. The molecule has 4 rings (SSSR count). The lowest BCUT2D eigenvalue weighted by Crippen LogP contribution is -2.37. The van der Waals surface area contributed by atoms with Gasteiger partial charge in [0.15, 0.2) is 18.3 Å². The molecule has 41 heavy (non-hydrogen) atoms. The van der Waals surface area contributed by atoms with Gasteiger partial charge in [-0.15, -0.1) is 0 Å². The predicted octanol–water partition coefficient (Wildman–Crippen LogP) is 4.58. The van der Waals surface area contributed by atoms with Crippen LogP contribution in [-0.2, 0) is 20.2 Å². The molecule has 0 spiro atoms. The first-order chi connectivity index (χ1) is 19.1. The van der Waals surface area contributed by atoms with E-state index in [1.165, 1.54) is 12.8 Å². The zero-order chi connectivity index (χ0) is 30.1. The van der Waals surface area contributed by atoms with E-state index in [1.807, 2.05) is 30.4 Å². The van der Waals surface area contributed by atoms with Gasteiger partial charge in [-0.3, -0.25) is 0 Å². The van der Waals surface area contributed by atoms with E-state index in [4.69, 9.17) is 0 Å². The number of fused-ring (bicyclic) bond motifs is 2. The SMILES string of the molecule is CC1(C)C(/C=C/C=C/C=C/C=C2/N(CCS(=O)(=O)[O-])C3CCCCC3C2(C)C)=[N+](CCS(=O)(=O)[O-])C2CCCCC21. The molecule has 0 bridgehead atoms. The topological polar surface area (TPSA) is 121 Å². The highest BCUT2D eigenvalue weighted by Crippen LogP contribution is 2.53. The van der Waals surface area contributed by atoms with Gasteiger partial charge in [-0.25, -0.2) is 21.4 Å². The quantitative estimate of drug-likeness (QED) is 0.202. The van der Waals surface area contributed by atoms with Gasteiger partial charge in [-0.2, -0.15) is 0 Å². The minimum Gasteiger partial charge on any atom is -0.748 e. The highest BCUT2D eigenvalue weighted by Gasteiger charge is 2.54. The fraction of sp³-hybridized carbons (Fsp3) is 0.710. The van der Waals surface area contributed by atoms with Crippen LogP contribution in [0.4, 0.5) is 0 Å². The van der Waals surface area contributed by atoms with Crippen LogP contribution in [0.25, 0.3) is 0 Å². The Bertz CT molecular complexity index is 1340. The van der Waals surface area contributed by atoms with Crippen molar-refractivity contribution in [2.75, 3.05) is 24.6 Å². The maximum atomic E-state index is 11.4. The van der Waals surface area contributed by atoms with Crippen molar-refractivity contribution < 1.29 is 30.5 Å². The first kappa shape index (κ1) is 32.2. The summed E-state index contributed by atoms with van der Waals surface area (Å²) in [6.07, 6.45) is 22.8. The molecule has 2 heterocycles. The normalized spacial score (nSPS) is 31.2. The molecule has 2 aliphatic carbocycles. The van der Waals surface area contributed by atoms with Crippen molar-refractivity contribution in [3.8, 4) is 0 Å². The minimum absolute atomic E-state index is 0.103. The Kier molecular flexibility index (Phi) is 9.78. The Hall–Kier alpha value is -1.75. The Morgan fingerprint density at radius 2 is 1.37 bits per heavy atom. The number of nitrogens with zero attached hydrogens (tertiary/aromatic N) is 2. The molecule has 4 unspecified atom stereocenters. The molecular formula is C31H47N2O6S2-. The number of hydrogen-bond acceptors (Lipinski definition) is 7. The average Bonchev–Trinajstić information content (AvgIpc) is 3.23. The fourth-order valence-corrected chi connectivity index (χ4v) is 9.07. The van der Waals surface area contributed by atoms with E-state index in [1.54, 1.807) is 0 Å². The predicted molar refractivity (Wildman–Crippen MR) is 161 cm³/mol. The summed E-state index contributed by atoms with van der Waals surface area (Å²) in [5, 5.41) is 0. The second-order valence-corrected chi connectivity index (χ2v) is 16.4. The zero-order valence-electron chi connectivity index (χ0n) is 25.0. The number of rotatable bonds is 10. The molecule has 0 amide bonds. The Morgan fingerprint density at radius 3 is 2.05 bits per heavy atom. The van der Waals surface area contributed by atoms with Crippen LogP contribution in [0.15, 0.2) is 48.2 Å². The van der Waals surface area contributed by atoms with Crippen LogP contribution in [0.5, 0.6) is 0 Å². The van der Waals surface area contributed by atoms with Crippen molar-refractivity contribution in [3.63, 3.8) is 0 Å². The summed E-state index contributed by atoms with van der Waals surface area (Å²) < 4.78 is 70.6. The van der Waals surface area contributed by atoms with E-state index in [9.17, 15) is 25.9 Å². The summed E-state index contributed by atoms with van der Waals surface area (Å²) in [5.41, 5.74) is 1.98. The lowest BCUT2D eigenvalue weighted by atomic mass is 9.69. The van der Waals surface area contributed by atoms with E-state index in [0.717, 1.165) is 49.9 Å². The standard InChI is InChI=1S/C31H48N2O6S2/c1-30(2)24-14-10-12-16-26(24)32(20-22-40(34,35)36)28(30)18-8-6-5-7-9-19-29-31(3,4)25-15-11-13-17-27(25)33(29)21-23-41(37,38)39/h5-9,18-19,24-27H,10-17,20-23H2,1-4H3,(H-,34,35,36,37,38,39)/p-1. The Balaban J connectivity index is 1.51. The summed E-state index contributed by atoms with van der Waals surface area (Å²) in [5.74, 6) is 0.122. The van der Waals surface area contributed by atoms with Crippen LogP contribution < -0.4 is 0 Å². The number of likely N-dealkylation sites (tertiary alicyclic amines) is 1. The van der Waals surface area contributed by atoms with E-state index >= 15 is 0 Å². The minimum atomic E-state index is -4.29. The Morgan fingerprint density at radius 1 is 0.780 bits per heavy atom. The zero-order valence-corrected chi connectivity index (χ0v) is 26.6. The molecular weight excluding hydrogens is 560 g/mol. The molecule has 10 heteroatoms. The summed E-state index contributed by atoms with van der Waals surface area (Å²) in [7, 11) is -8.58. The third-order valence-electron chi connectivity index (χ3n) is 10.2. The van der Waals surface area contributed by atoms with Crippen LogP contribution in [0, 0.1) is 22.7 Å². The number of hydrogen-bond donors (Lipinski definition) is 0. The van der Waals surface area contributed by atoms with Crippen LogP contribution in [-0.4, -0.2) is 77.8 Å². The summed E-state index contributed by atoms with van der Waals surface area (Å²) >= 11 is 0. The van der Waals surface area contributed by atoms with Gasteiger partial charge in [0.25, 0.3) is 0 Å². The third kappa shape index (κ3) is 7.43. The lowest BCUT2D eigenvalue weighted by molar-refractivity contribution is -0.562. The molecule has 0 radical (unpaired) electrons. The van der Waals surface area contributed by atoms with E-state index < -0.39 is 20.2 Å². The van der Waals surface area contributed by atoms with E-state index in [-0.39, 0.29) is 47.5 Å². The number of allylic oxidation sites excluding steroid dienone is 8. The van der Waals surface area contributed by atoms with E-state index in [2.05, 4.69) is 49.3 Å². The van der Waals surface area contributed by atoms with Crippen molar-refractivity contribution in [3.05, 3.63) is 48.2 Å². The molecule has 4 aliphatic rings. The van der Waals surface area contributed by atoms with Crippen LogP contribution in [0.3, 0.4) is 0 Å². The highest BCUT2D eigenvalue weighted by atomic mass is 32.2. The smallest absolute Gasteiger partial charge is 0.182 e. The molecule has 2 aliphatic heterocycles. The second-order valence-electron chi connectivity index (χ2n) is 13.3. The largest absolute Gasteiger partial charge is 0.748 e. The monoisotopic (exact) mass is 607 g/mol. The average molecular weight is 608 g/mol. The van der Waals surface area contributed by atoms with Gasteiger partial charge in [-0.05, 0) is 51.5 Å². The first-order valence-corrected chi connectivity index (χ1v) is 18.3. The van der Waals surface area contributed by atoms with Crippen LogP contribution >= 0.6 is 0 Å². The molecule has 0 N–H and O–H groups in total. The maximum Gasteiger partial charge on any atom is 0.182 e. The fourth-order valence-electron chi connectivity index (χ4n) is 8.23. The van der Waals surface area contributed by atoms with Crippen LogP contribution in [0.1, 0.15) is 79.1 Å². The molecule has 1 saturated heterocycles. The van der Waals surface area contributed by atoms with Crippen molar-refractivity contribution in [1.82, 2.24) is 4.90 Å². The van der Waals surface area contributed by atoms with Gasteiger partial charge in [0.1, 0.15) is 10.1 Å². The molecule has 4 atom stereocenters. The van der Waals surface area contributed by atoms with Crippen molar-refractivity contribution in [1.29, 1.82) is 0 Å². The molecule has 0 aromatic rings. The van der Waals surface area contributed by atoms with Gasteiger partial charge in [0.2, 0.25) is 0 Å². The molecule has 2 saturated carbocycles. The van der Waals surface area contributed by atoms with Gasteiger partial charge in [-0.1, -0.05) is 63.5 Å². The van der Waals surface area contributed by atoms with Gasteiger partial charge < -0.3 is 14.0 Å². The van der Waals surface area contributed by atoms with Gasteiger partial charge in [0, 0.05) is 42.1 Å². The molecule has 3 fully saturated rings. The van der Waals surface area contributed by atoms with Gasteiger partial charge in [0.05, 0.1) is 27.0 Å². The lowest BCUT2D eigenvalue weighted by Gasteiger charge is -2.34. The summed E-state index contributed by atoms with van der Waals surface area (Å²) in [6, 6.07) is 0.544. The van der Waals surface area contributed by atoms with Crippen molar-refractivity contribution in [2.45, 2.75) is 91.1 Å². The van der Waals surface area contributed by atoms with Crippen molar-refractivity contribution >= 4 is 25.9 Å². The highest BCUT2D eigenvalue weighted by molar-refractivity contribution is 7.85.